The van der Waals surface area contributed by atoms with Gasteiger partial charge in [-0.15, -0.1) is 5.10 Å². The van der Waals surface area contributed by atoms with Crippen LogP contribution in [0.25, 0.3) is 5.65 Å². The lowest BCUT2D eigenvalue weighted by molar-refractivity contribution is 0.0589. The smallest absolute Gasteiger partial charge is 0.414 e. The van der Waals surface area contributed by atoms with Crippen molar-refractivity contribution < 1.29 is 23.8 Å². The molecule has 0 aliphatic carbocycles. The van der Waals surface area contributed by atoms with E-state index in [0.29, 0.717) is 41.9 Å². The van der Waals surface area contributed by atoms with E-state index in [4.69, 9.17) is 14.2 Å². The maximum atomic E-state index is 13.0. The summed E-state index contributed by atoms with van der Waals surface area (Å²) in [6.45, 7) is 7.78. The predicted octanol–water partition coefficient (Wildman–Crippen LogP) is 2.90. The van der Waals surface area contributed by atoms with Gasteiger partial charge in [0.1, 0.15) is 11.3 Å². The lowest BCUT2D eigenvalue weighted by Gasteiger charge is -2.25. The molecule has 1 aliphatic heterocycles. The summed E-state index contributed by atoms with van der Waals surface area (Å²) in [6, 6.07) is 3.22. The van der Waals surface area contributed by atoms with Gasteiger partial charge in [0, 0.05) is 25.4 Å². The minimum absolute atomic E-state index is 0.199. The topological polar surface area (TPSA) is 132 Å². The summed E-state index contributed by atoms with van der Waals surface area (Å²) < 4.78 is 18.1. The van der Waals surface area contributed by atoms with Crippen molar-refractivity contribution in [3.05, 3.63) is 35.8 Å². The van der Waals surface area contributed by atoms with Crippen LogP contribution in [0.4, 0.5) is 22.0 Å². The van der Waals surface area contributed by atoms with E-state index in [0.717, 1.165) is 5.56 Å². The highest BCUT2D eigenvalue weighted by atomic mass is 16.6. The number of methoxy groups -OCH3 is 1. The van der Waals surface area contributed by atoms with Crippen LogP contribution in [0.3, 0.4) is 0 Å². The number of carbonyl (C=O) groups is 2. The average molecular weight is 484 g/mol. The SMILES string of the molecule is COc1ncc2cc1Nc1cc(N(C)C(=O)OC(C)(C)C)c3ncc(n3n1)C(=O)N[C@H](C)COC2. The molecule has 0 saturated heterocycles. The molecule has 2 amide bonds. The van der Waals surface area contributed by atoms with E-state index in [9.17, 15) is 9.59 Å². The molecule has 4 rings (SSSR count). The van der Waals surface area contributed by atoms with Crippen molar-refractivity contribution in [3.8, 4) is 5.88 Å². The van der Waals surface area contributed by atoms with Gasteiger partial charge in [-0.2, -0.15) is 0 Å². The molecule has 3 aromatic heterocycles. The number of hydrogen-bond donors (Lipinski definition) is 2. The molecule has 1 aliphatic rings. The molecule has 2 N–H and O–H groups in total. The summed E-state index contributed by atoms with van der Waals surface area (Å²) in [5.41, 5.74) is 1.56. The molecule has 0 unspecified atom stereocenters. The van der Waals surface area contributed by atoms with Gasteiger partial charge in [0.15, 0.2) is 17.2 Å². The molecular formula is C23H29N7O5. The number of amides is 2. The molecule has 3 aromatic rings. The number of nitrogens with zero attached hydrogens (tertiary/aromatic N) is 5. The number of pyridine rings is 1. The van der Waals surface area contributed by atoms with Gasteiger partial charge < -0.3 is 24.8 Å². The summed E-state index contributed by atoms with van der Waals surface area (Å²) in [4.78, 5) is 35.9. The summed E-state index contributed by atoms with van der Waals surface area (Å²) in [5.74, 6) is 0.305. The van der Waals surface area contributed by atoms with E-state index in [1.54, 1.807) is 40.1 Å². The first-order valence-electron chi connectivity index (χ1n) is 11.1. The highest BCUT2D eigenvalue weighted by Gasteiger charge is 2.26. The van der Waals surface area contributed by atoms with Gasteiger partial charge in [0.05, 0.1) is 32.2 Å². The second kappa shape index (κ2) is 9.37. The molecule has 4 bridgehead atoms. The number of aromatic nitrogens is 4. The highest BCUT2D eigenvalue weighted by molar-refractivity contribution is 5.96. The Labute approximate surface area is 202 Å². The van der Waals surface area contributed by atoms with Gasteiger partial charge in [-0.1, -0.05) is 0 Å². The van der Waals surface area contributed by atoms with Crippen LogP contribution in [0.15, 0.2) is 24.5 Å². The van der Waals surface area contributed by atoms with Gasteiger partial charge in [-0.25, -0.2) is 19.3 Å². The molecule has 186 valence electrons. The molecular weight excluding hydrogens is 454 g/mol. The maximum absolute atomic E-state index is 13.0. The Hall–Kier alpha value is -3.93. The first-order chi connectivity index (χ1) is 16.6. The molecule has 0 fully saturated rings. The van der Waals surface area contributed by atoms with Crippen molar-refractivity contribution in [1.82, 2.24) is 24.9 Å². The monoisotopic (exact) mass is 483 g/mol. The highest BCUT2D eigenvalue weighted by Crippen LogP contribution is 2.30. The fourth-order valence-electron chi connectivity index (χ4n) is 3.50. The van der Waals surface area contributed by atoms with E-state index in [-0.39, 0.29) is 17.6 Å². The number of rotatable bonds is 2. The third-order valence-electron chi connectivity index (χ3n) is 5.09. The number of anilines is 3. The van der Waals surface area contributed by atoms with Crippen LogP contribution in [-0.4, -0.2) is 64.0 Å². The van der Waals surface area contributed by atoms with E-state index in [2.05, 4.69) is 25.7 Å². The first-order valence-corrected chi connectivity index (χ1v) is 11.1. The maximum Gasteiger partial charge on any atom is 0.414 e. The molecule has 0 saturated carbocycles. The molecule has 12 heteroatoms. The molecule has 0 radical (unpaired) electrons. The standard InChI is InChI=1S/C23H29N7O5/c1-13-11-34-12-14-7-15(21(33-6)25-9-14)27-18-8-16(29(5)22(32)35-23(2,3)4)19-24-10-17(20(31)26-13)30(19)28-18/h7-10,13H,11-12H2,1-6H3,(H,26,31)(H,27,28)/t13-/m1/s1. The second-order valence-electron chi connectivity index (χ2n) is 9.25. The first kappa shape index (κ1) is 24.2. The third-order valence-corrected chi connectivity index (χ3v) is 5.09. The van der Waals surface area contributed by atoms with Crippen molar-refractivity contribution in [3.63, 3.8) is 0 Å². The van der Waals surface area contributed by atoms with Crippen LogP contribution in [0.5, 0.6) is 5.88 Å². The fraction of sp³-hybridized carbons (Fsp3) is 0.435. The van der Waals surface area contributed by atoms with Crippen LogP contribution < -0.4 is 20.3 Å². The van der Waals surface area contributed by atoms with Crippen LogP contribution in [0, 0.1) is 0 Å². The van der Waals surface area contributed by atoms with Crippen molar-refractivity contribution in [2.45, 2.75) is 45.9 Å². The Morgan fingerprint density at radius 2 is 2.03 bits per heavy atom. The molecule has 1 atom stereocenters. The summed E-state index contributed by atoms with van der Waals surface area (Å²) in [6.07, 6.45) is 2.49. The summed E-state index contributed by atoms with van der Waals surface area (Å²) in [7, 11) is 3.09. The number of ether oxygens (including phenoxy) is 3. The van der Waals surface area contributed by atoms with E-state index < -0.39 is 11.7 Å². The largest absolute Gasteiger partial charge is 0.480 e. The molecule has 35 heavy (non-hydrogen) atoms. The normalized spacial score (nSPS) is 16.3. The zero-order chi connectivity index (χ0) is 25.3. The lowest BCUT2D eigenvalue weighted by atomic mass is 10.2. The molecule has 0 spiro atoms. The Balaban J connectivity index is 1.87. The van der Waals surface area contributed by atoms with Crippen LogP contribution in [0.2, 0.25) is 0 Å². The summed E-state index contributed by atoms with van der Waals surface area (Å²) >= 11 is 0. The Bertz CT molecular complexity index is 1270. The third kappa shape index (κ3) is 5.27. The number of carbonyl (C=O) groups excluding carboxylic acids is 2. The van der Waals surface area contributed by atoms with E-state index >= 15 is 0 Å². The molecule has 12 nitrogen and oxygen atoms in total. The van der Waals surface area contributed by atoms with Gasteiger partial charge in [-0.05, 0) is 39.3 Å². The zero-order valence-corrected chi connectivity index (χ0v) is 20.6. The van der Waals surface area contributed by atoms with Crippen LogP contribution in [-0.2, 0) is 16.1 Å². The van der Waals surface area contributed by atoms with Crippen LogP contribution in [0.1, 0.15) is 43.7 Å². The Morgan fingerprint density at radius 1 is 1.26 bits per heavy atom. The quantitative estimate of drug-likeness (QED) is 0.564. The van der Waals surface area contributed by atoms with Gasteiger partial charge in [0.25, 0.3) is 5.91 Å². The average Bonchev–Trinajstić information content (AvgIpc) is 3.20. The minimum Gasteiger partial charge on any atom is -0.480 e. The van der Waals surface area contributed by atoms with E-state index in [1.165, 1.54) is 22.7 Å². The lowest BCUT2D eigenvalue weighted by Crippen LogP contribution is -2.37. The van der Waals surface area contributed by atoms with Crippen molar-refractivity contribution in [1.29, 1.82) is 0 Å². The van der Waals surface area contributed by atoms with Gasteiger partial charge in [-0.3, -0.25) is 9.69 Å². The predicted molar refractivity (Wildman–Crippen MR) is 128 cm³/mol. The molecule has 4 heterocycles. The number of fused-ring (bicyclic) bond motifs is 3. The Morgan fingerprint density at radius 3 is 2.74 bits per heavy atom. The summed E-state index contributed by atoms with van der Waals surface area (Å²) in [5, 5.41) is 10.6. The van der Waals surface area contributed by atoms with E-state index in [1.807, 2.05) is 13.0 Å². The number of hydrogen-bond acceptors (Lipinski definition) is 9. The van der Waals surface area contributed by atoms with Crippen LogP contribution >= 0.6 is 0 Å². The Kier molecular flexibility index (Phi) is 6.48. The molecule has 0 aromatic carbocycles. The second-order valence-corrected chi connectivity index (χ2v) is 9.25. The van der Waals surface area contributed by atoms with Crippen molar-refractivity contribution in [2.24, 2.45) is 0 Å². The van der Waals surface area contributed by atoms with Gasteiger partial charge >= 0.3 is 6.09 Å². The minimum atomic E-state index is -0.693. The zero-order valence-electron chi connectivity index (χ0n) is 20.6. The number of imidazole rings is 1. The van der Waals surface area contributed by atoms with Gasteiger partial charge in [0.2, 0.25) is 5.88 Å². The van der Waals surface area contributed by atoms with Crippen molar-refractivity contribution in [2.75, 3.05) is 31.0 Å². The fourth-order valence-corrected chi connectivity index (χ4v) is 3.50. The number of nitrogens with one attached hydrogen (secondary N) is 2. The van der Waals surface area contributed by atoms with Crippen molar-refractivity contribution >= 4 is 34.8 Å².